The van der Waals surface area contributed by atoms with Gasteiger partial charge in [-0.05, 0) is 47.5 Å². The molecule has 120 valence electrons. The maximum absolute atomic E-state index is 11.5. The Kier molecular flexibility index (Phi) is 4.62. The normalized spacial score (nSPS) is 10.4. The molecule has 0 bridgehead atoms. The zero-order chi connectivity index (χ0) is 16.9. The molecule has 0 fully saturated rings. The molecule has 0 heterocycles. The summed E-state index contributed by atoms with van der Waals surface area (Å²) in [6, 6.07) is 21.6. The van der Waals surface area contributed by atoms with Crippen LogP contribution in [0.5, 0.6) is 11.5 Å². The molecule has 24 heavy (non-hydrogen) atoms. The Hall–Kier alpha value is -3.07. The Morgan fingerprint density at radius 1 is 0.917 bits per heavy atom. The number of carbonyl (C=O) groups is 1. The standard InChI is InChI=1S/C21H18O3/c1-15(2)21(22)23-14-16-6-5-9-19(12-16)24-20-11-10-17-7-3-4-8-18(17)13-20/h3-13H,1,14H2,2H3. The highest BCUT2D eigenvalue weighted by molar-refractivity contribution is 5.87. The average molecular weight is 318 g/mol. The van der Waals surface area contributed by atoms with Crippen molar-refractivity contribution in [3.05, 3.63) is 84.4 Å². The molecule has 0 aliphatic carbocycles. The molecule has 3 aromatic carbocycles. The highest BCUT2D eigenvalue weighted by atomic mass is 16.5. The van der Waals surface area contributed by atoms with Gasteiger partial charge in [0.1, 0.15) is 18.1 Å². The molecule has 0 N–H and O–H groups in total. The van der Waals surface area contributed by atoms with Gasteiger partial charge >= 0.3 is 5.97 Å². The van der Waals surface area contributed by atoms with Gasteiger partial charge in [-0.25, -0.2) is 4.79 Å². The summed E-state index contributed by atoms with van der Waals surface area (Å²) in [6.45, 7) is 5.39. The molecule has 3 rings (SSSR count). The van der Waals surface area contributed by atoms with Crippen LogP contribution in [0.1, 0.15) is 12.5 Å². The fourth-order valence-corrected chi connectivity index (χ4v) is 2.34. The maximum atomic E-state index is 11.5. The lowest BCUT2D eigenvalue weighted by Gasteiger charge is -2.09. The van der Waals surface area contributed by atoms with E-state index in [4.69, 9.17) is 9.47 Å². The smallest absolute Gasteiger partial charge is 0.333 e. The van der Waals surface area contributed by atoms with E-state index in [0.29, 0.717) is 11.3 Å². The van der Waals surface area contributed by atoms with Crippen LogP contribution >= 0.6 is 0 Å². The summed E-state index contributed by atoms with van der Waals surface area (Å²) in [5.74, 6) is 1.08. The monoisotopic (exact) mass is 318 g/mol. The Morgan fingerprint density at radius 3 is 2.46 bits per heavy atom. The lowest BCUT2D eigenvalue weighted by atomic mass is 10.1. The molecule has 0 aliphatic heterocycles. The lowest BCUT2D eigenvalue weighted by Crippen LogP contribution is -2.04. The molecule has 0 spiro atoms. The van der Waals surface area contributed by atoms with E-state index in [2.05, 4.69) is 18.7 Å². The van der Waals surface area contributed by atoms with Gasteiger partial charge in [0.2, 0.25) is 0 Å². The van der Waals surface area contributed by atoms with Crippen molar-refractivity contribution >= 4 is 16.7 Å². The predicted molar refractivity (Wildman–Crippen MR) is 95.1 cm³/mol. The minimum Gasteiger partial charge on any atom is -0.457 e. The fraction of sp³-hybridized carbons (Fsp3) is 0.0952. The Labute approximate surface area is 141 Å². The van der Waals surface area contributed by atoms with Gasteiger partial charge in [0.05, 0.1) is 0 Å². The van der Waals surface area contributed by atoms with Gasteiger partial charge in [0, 0.05) is 5.57 Å². The number of hydrogen-bond donors (Lipinski definition) is 0. The minimum absolute atomic E-state index is 0.195. The molecule has 0 atom stereocenters. The van der Waals surface area contributed by atoms with Crippen molar-refractivity contribution in [1.29, 1.82) is 0 Å². The lowest BCUT2D eigenvalue weighted by molar-refractivity contribution is -0.140. The van der Waals surface area contributed by atoms with Gasteiger partial charge in [0.15, 0.2) is 0 Å². The van der Waals surface area contributed by atoms with E-state index in [-0.39, 0.29) is 6.61 Å². The predicted octanol–water partition coefficient (Wildman–Crippen LogP) is 5.25. The molecule has 0 saturated carbocycles. The molecule has 0 amide bonds. The third kappa shape index (κ3) is 3.82. The van der Waals surface area contributed by atoms with Gasteiger partial charge in [-0.15, -0.1) is 0 Å². The van der Waals surface area contributed by atoms with Crippen molar-refractivity contribution < 1.29 is 14.3 Å². The first-order valence-corrected chi connectivity index (χ1v) is 7.70. The summed E-state index contributed by atoms with van der Waals surface area (Å²) in [5, 5.41) is 2.30. The van der Waals surface area contributed by atoms with Crippen LogP contribution in [-0.2, 0) is 16.1 Å². The molecule has 0 unspecified atom stereocenters. The Balaban J connectivity index is 1.73. The van der Waals surface area contributed by atoms with E-state index >= 15 is 0 Å². The highest BCUT2D eigenvalue weighted by Gasteiger charge is 2.05. The van der Waals surface area contributed by atoms with Crippen molar-refractivity contribution in [2.45, 2.75) is 13.5 Å². The largest absolute Gasteiger partial charge is 0.457 e. The summed E-state index contributed by atoms with van der Waals surface area (Å²) < 4.78 is 11.1. The van der Waals surface area contributed by atoms with Crippen LogP contribution in [0.4, 0.5) is 0 Å². The van der Waals surface area contributed by atoms with Crippen LogP contribution in [0.3, 0.4) is 0 Å². The van der Waals surface area contributed by atoms with Crippen molar-refractivity contribution in [3.8, 4) is 11.5 Å². The summed E-state index contributed by atoms with van der Waals surface area (Å²) >= 11 is 0. The number of benzene rings is 3. The number of esters is 1. The topological polar surface area (TPSA) is 35.5 Å². The molecular weight excluding hydrogens is 300 g/mol. The number of rotatable bonds is 5. The molecule has 0 aromatic heterocycles. The maximum Gasteiger partial charge on any atom is 0.333 e. The minimum atomic E-state index is -0.393. The molecule has 0 aliphatic rings. The summed E-state index contributed by atoms with van der Waals surface area (Å²) in [7, 11) is 0. The van der Waals surface area contributed by atoms with E-state index in [1.54, 1.807) is 6.92 Å². The fourth-order valence-electron chi connectivity index (χ4n) is 2.34. The van der Waals surface area contributed by atoms with Crippen molar-refractivity contribution in [1.82, 2.24) is 0 Å². The molecule has 3 aromatic rings. The Morgan fingerprint density at radius 2 is 1.67 bits per heavy atom. The van der Waals surface area contributed by atoms with Crippen molar-refractivity contribution in [3.63, 3.8) is 0 Å². The van der Waals surface area contributed by atoms with Gasteiger partial charge < -0.3 is 9.47 Å². The quantitative estimate of drug-likeness (QED) is 0.476. The van der Waals surface area contributed by atoms with E-state index in [9.17, 15) is 4.79 Å². The third-order valence-electron chi connectivity index (χ3n) is 3.57. The van der Waals surface area contributed by atoms with Gasteiger partial charge in [-0.2, -0.15) is 0 Å². The molecule has 3 heteroatoms. The van der Waals surface area contributed by atoms with Crippen LogP contribution in [0.15, 0.2) is 78.9 Å². The van der Waals surface area contributed by atoms with E-state index in [1.807, 2.05) is 54.6 Å². The first-order valence-electron chi connectivity index (χ1n) is 7.70. The second kappa shape index (κ2) is 7.01. The van der Waals surface area contributed by atoms with E-state index in [1.165, 1.54) is 5.39 Å². The van der Waals surface area contributed by atoms with Crippen LogP contribution in [0, 0.1) is 0 Å². The Bertz CT molecular complexity index is 896. The van der Waals surface area contributed by atoms with Crippen LogP contribution in [0.25, 0.3) is 10.8 Å². The van der Waals surface area contributed by atoms with Gasteiger partial charge in [-0.3, -0.25) is 0 Å². The van der Waals surface area contributed by atoms with Crippen LogP contribution in [0.2, 0.25) is 0 Å². The van der Waals surface area contributed by atoms with Gasteiger partial charge in [-0.1, -0.05) is 49.0 Å². The van der Waals surface area contributed by atoms with Crippen molar-refractivity contribution in [2.75, 3.05) is 0 Å². The molecule has 3 nitrogen and oxygen atoms in total. The summed E-state index contributed by atoms with van der Waals surface area (Å²) in [4.78, 5) is 11.5. The summed E-state index contributed by atoms with van der Waals surface area (Å²) in [5.41, 5.74) is 1.25. The third-order valence-corrected chi connectivity index (χ3v) is 3.57. The number of carbonyl (C=O) groups excluding carboxylic acids is 1. The van der Waals surface area contributed by atoms with E-state index in [0.717, 1.165) is 16.7 Å². The first kappa shape index (κ1) is 15.8. The zero-order valence-corrected chi connectivity index (χ0v) is 13.5. The number of fused-ring (bicyclic) bond motifs is 1. The van der Waals surface area contributed by atoms with Gasteiger partial charge in [0.25, 0.3) is 0 Å². The second-order valence-electron chi connectivity index (χ2n) is 5.61. The zero-order valence-electron chi connectivity index (χ0n) is 13.5. The molecular formula is C21H18O3. The highest BCUT2D eigenvalue weighted by Crippen LogP contribution is 2.26. The van der Waals surface area contributed by atoms with Crippen LogP contribution < -0.4 is 4.74 Å². The average Bonchev–Trinajstić information content (AvgIpc) is 2.60. The first-order chi connectivity index (χ1) is 11.6. The SMILES string of the molecule is C=C(C)C(=O)OCc1cccc(Oc2ccc3ccccc3c2)c1. The number of hydrogen-bond acceptors (Lipinski definition) is 3. The van der Waals surface area contributed by atoms with E-state index < -0.39 is 5.97 Å². The van der Waals surface area contributed by atoms with Crippen LogP contribution in [-0.4, -0.2) is 5.97 Å². The second-order valence-corrected chi connectivity index (χ2v) is 5.61. The molecule has 0 radical (unpaired) electrons. The number of ether oxygens (including phenoxy) is 2. The van der Waals surface area contributed by atoms with Crippen molar-refractivity contribution in [2.24, 2.45) is 0 Å². The summed E-state index contributed by atoms with van der Waals surface area (Å²) in [6.07, 6.45) is 0. The molecule has 0 saturated heterocycles.